The van der Waals surface area contributed by atoms with Crippen LogP contribution >= 0.6 is 0 Å². The van der Waals surface area contributed by atoms with Crippen molar-refractivity contribution in [3.63, 3.8) is 0 Å². The first-order valence-corrected chi connectivity index (χ1v) is 6.20. The first kappa shape index (κ1) is 11.2. The molecular weight excluding hydrogens is 226 g/mol. The molecule has 18 heavy (non-hydrogen) atoms. The summed E-state index contributed by atoms with van der Waals surface area (Å²) in [5, 5.41) is 0. The van der Waals surface area contributed by atoms with Crippen molar-refractivity contribution in [2.24, 2.45) is 10.9 Å². The van der Waals surface area contributed by atoms with Gasteiger partial charge < -0.3 is 4.74 Å². The van der Waals surface area contributed by atoms with Crippen LogP contribution in [-0.4, -0.2) is 23.8 Å². The van der Waals surface area contributed by atoms with Gasteiger partial charge in [0.1, 0.15) is 6.61 Å². The smallest absolute Gasteiger partial charge is 0.334 e. The monoisotopic (exact) mass is 241 g/mol. The number of hydrogen-bond donors (Lipinski definition) is 0. The van der Waals surface area contributed by atoms with Gasteiger partial charge >= 0.3 is 5.97 Å². The lowest BCUT2D eigenvalue weighted by Crippen LogP contribution is -2.35. The van der Waals surface area contributed by atoms with E-state index in [1.807, 2.05) is 30.3 Å². The largest absolute Gasteiger partial charge is 0.463 e. The Kier molecular flexibility index (Phi) is 2.54. The Bertz CT molecular complexity index is 521. The molecule has 3 heteroatoms. The average Bonchev–Trinajstić information content (AvgIpc) is 2.98. The number of carbonyl (C=O) groups excluding carboxylic acids is 1. The van der Waals surface area contributed by atoms with Gasteiger partial charge in [-0.05, 0) is 18.4 Å². The van der Waals surface area contributed by atoms with Crippen molar-refractivity contribution in [3.05, 3.63) is 48.6 Å². The third-order valence-electron chi connectivity index (χ3n) is 3.83. The van der Waals surface area contributed by atoms with E-state index >= 15 is 0 Å². The molecule has 0 bridgehead atoms. The highest BCUT2D eigenvalue weighted by Gasteiger charge is 2.53. The number of ether oxygens (including phenoxy) is 1. The van der Waals surface area contributed by atoms with E-state index < -0.39 is 5.54 Å². The van der Waals surface area contributed by atoms with Crippen LogP contribution in [0.2, 0.25) is 0 Å². The van der Waals surface area contributed by atoms with Crippen molar-refractivity contribution < 1.29 is 9.53 Å². The van der Waals surface area contributed by atoms with Crippen LogP contribution in [0.4, 0.5) is 0 Å². The molecule has 0 radical (unpaired) electrons. The third-order valence-corrected chi connectivity index (χ3v) is 3.83. The molecule has 92 valence electrons. The number of nitrogens with zero attached hydrogens (tertiary/aromatic N) is 1. The molecule has 3 rings (SSSR count). The number of esters is 1. The van der Waals surface area contributed by atoms with Gasteiger partial charge in [-0.25, -0.2) is 4.79 Å². The Morgan fingerprint density at radius 3 is 2.89 bits per heavy atom. The van der Waals surface area contributed by atoms with Crippen molar-refractivity contribution >= 4 is 11.7 Å². The van der Waals surface area contributed by atoms with Crippen LogP contribution in [0.5, 0.6) is 0 Å². The van der Waals surface area contributed by atoms with Gasteiger partial charge in [0.2, 0.25) is 0 Å². The summed E-state index contributed by atoms with van der Waals surface area (Å²) in [6, 6.07) is 10.0. The lowest BCUT2D eigenvalue weighted by molar-refractivity contribution is -0.142. The summed E-state index contributed by atoms with van der Waals surface area (Å²) < 4.78 is 5.16. The van der Waals surface area contributed by atoms with Gasteiger partial charge in [-0.3, -0.25) is 4.99 Å². The van der Waals surface area contributed by atoms with E-state index in [1.165, 1.54) is 0 Å². The molecular formula is C15H15NO2. The molecule has 0 unspecified atom stereocenters. The Morgan fingerprint density at radius 1 is 1.39 bits per heavy atom. The fourth-order valence-electron chi connectivity index (χ4n) is 2.76. The lowest BCUT2D eigenvalue weighted by atomic mass is 9.85. The van der Waals surface area contributed by atoms with Crippen molar-refractivity contribution in [2.45, 2.75) is 18.4 Å². The number of aliphatic imine (C=N–C) groups is 1. The van der Waals surface area contributed by atoms with Crippen LogP contribution in [0.15, 0.2) is 48.0 Å². The van der Waals surface area contributed by atoms with Crippen LogP contribution in [-0.2, 0) is 9.53 Å². The van der Waals surface area contributed by atoms with Gasteiger partial charge in [0, 0.05) is 11.6 Å². The summed E-state index contributed by atoms with van der Waals surface area (Å²) in [7, 11) is 0. The Labute approximate surface area is 106 Å². The zero-order chi connectivity index (χ0) is 12.6. The number of benzene rings is 1. The molecule has 0 amide bonds. The Balaban J connectivity index is 2.00. The molecule has 1 spiro atoms. The molecule has 3 nitrogen and oxygen atoms in total. The minimum atomic E-state index is -0.701. The average molecular weight is 241 g/mol. The molecule has 1 aromatic carbocycles. The molecule has 0 saturated carbocycles. The molecule has 2 heterocycles. The molecule has 2 aliphatic rings. The Hall–Kier alpha value is -1.90. The molecule has 2 aliphatic heterocycles. The van der Waals surface area contributed by atoms with Crippen molar-refractivity contribution in [2.75, 3.05) is 6.61 Å². The fraction of sp³-hybridized carbons (Fsp3) is 0.333. The van der Waals surface area contributed by atoms with Crippen LogP contribution < -0.4 is 0 Å². The first-order chi connectivity index (χ1) is 8.76. The van der Waals surface area contributed by atoms with Gasteiger partial charge in [0.25, 0.3) is 0 Å². The summed E-state index contributed by atoms with van der Waals surface area (Å²) >= 11 is 0. The quantitative estimate of drug-likeness (QED) is 0.589. The van der Waals surface area contributed by atoms with Gasteiger partial charge in [-0.2, -0.15) is 0 Å². The number of cyclic esters (lactones) is 1. The van der Waals surface area contributed by atoms with Crippen LogP contribution in [0, 0.1) is 5.92 Å². The van der Waals surface area contributed by atoms with Gasteiger partial charge in [0.15, 0.2) is 5.54 Å². The first-order valence-electron chi connectivity index (χ1n) is 6.20. The second-order valence-corrected chi connectivity index (χ2v) is 4.79. The predicted octanol–water partition coefficient (Wildman–Crippen LogP) is 2.37. The van der Waals surface area contributed by atoms with Gasteiger partial charge in [-0.1, -0.05) is 36.4 Å². The highest BCUT2D eigenvalue weighted by Crippen LogP contribution is 2.40. The van der Waals surface area contributed by atoms with Crippen molar-refractivity contribution in [1.82, 2.24) is 0 Å². The van der Waals surface area contributed by atoms with Crippen LogP contribution in [0.1, 0.15) is 18.4 Å². The molecule has 1 fully saturated rings. The summed E-state index contributed by atoms with van der Waals surface area (Å²) in [5.41, 5.74) is 1.39. The fourth-order valence-corrected chi connectivity index (χ4v) is 2.76. The molecule has 0 N–H and O–H groups in total. The SMILES string of the molecule is C=C[C@H]1COC(=O)[C@@]12CCC(c1ccccc1)=N2. The van der Waals surface area contributed by atoms with E-state index in [4.69, 9.17) is 9.73 Å². The summed E-state index contributed by atoms with van der Waals surface area (Å²) in [5.74, 6) is -0.190. The highest BCUT2D eigenvalue weighted by molar-refractivity contribution is 6.05. The van der Waals surface area contributed by atoms with Crippen molar-refractivity contribution in [3.8, 4) is 0 Å². The summed E-state index contributed by atoms with van der Waals surface area (Å²) in [6.45, 7) is 4.20. The number of carbonyl (C=O) groups is 1. The molecule has 1 aromatic rings. The standard InChI is InChI=1S/C15H15NO2/c1-2-12-10-18-14(17)15(12)9-8-13(16-15)11-6-4-3-5-7-11/h2-7,12H,1,8-10H2/t12-,15+/m0/s1. The maximum Gasteiger partial charge on any atom is 0.334 e. The molecule has 2 atom stereocenters. The highest BCUT2D eigenvalue weighted by atomic mass is 16.5. The van der Waals surface area contributed by atoms with E-state index in [1.54, 1.807) is 6.08 Å². The van der Waals surface area contributed by atoms with Crippen LogP contribution in [0.25, 0.3) is 0 Å². The maximum atomic E-state index is 12.0. The van der Waals surface area contributed by atoms with E-state index in [9.17, 15) is 4.79 Å². The minimum Gasteiger partial charge on any atom is -0.463 e. The third kappa shape index (κ3) is 1.50. The summed E-state index contributed by atoms with van der Waals surface area (Å²) in [6.07, 6.45) is 3.35. The zero-order valence-electron chi connectivity index (χ0n) is 10.1. The topological polar surface area (TPSA) is 38.7 Å². The van der Waals surface area contributed by atoms with Crippen molar-refractivity contribution in [1.29, 1.82) is 0 Å². The van der Waals surface area contributed by atoms with E-state index in [-0.39, 0.29) is 11.9 Å². The maximum absolute atomic E-state index is 12.0. The second kappa shape index (κ2) is 4.09. The van der Waals surface area contributed by atoms with E-state index in [2.05, 4.69) is 6.58 Å². The number of hydrogen-bond acceptors (Lipinski definition) is 3. The Morgan fingerprint density at radius 2 is 2.17 bits per heavy atom. The van der Waals surface area contributed by atoms with Crippen LogP contribution in [0.3, 0.4) is 0 Å². The van der Waals surface area contributed by atoms with Gasteiger partial charge in [-0.15, -0.1) is 6.58 Å². The second-order valence-electron chi connectivity index (χ2n) is 4.79. The zero-order valence-corrected chi connectivity index (χ0v) is 10.1. The summed E-state index contributed by atoms with van der Waals surface area (Å²) in [4.78, 5) is 16.7. The molecule has 1 saturated heterocycles. The minimum absolute atomic E-state index is 0.00575. The lowest BCUT2D eigenvalue weighted by Gasteiger charge is -2.19. The van der Waals surface area contributed by atoms with E-state index in [0.717, 1.165) is 24.1 Å². The van der Waals surface area contributed by atoms with E-state index in [0.29, 0.717) is 6.61 Å². The predicted molar refractivity (Wildman–Crippen MR) is 69.6 cm³/mol. The molecule has 0 aromatic heterocycles. The normalized spacial score (nSPS) is 30.3. The van der Waals surface area contributed by atoms with Gasteiger partial charge in [0.05, 0.1) is 0 Å². The molecule has 0 aliphatic carbocycles. The number of rotatable bonds is 2.